The summed E-state index contributed by atoms with van der Waals surface area (Å²) < 4.78 is 1.05. The molecule has 0 aliphatic carbocycles. The third-order valence-corrected chi connectivity index (χ3v) is 5.69. The highest BCUT2D eigenvalue weighted by molar-refractivity contribution is 9.10. The number of hydrogen-bond donors (Lipinski definition) is 0. The summed E-state index contributed by atoms with van der Waals surface area (Å²) in [5.41, 5.74) is 1.20. The van der Waals surface area contributed by atoms with Gasteiger partial charge in [-0.25, -0.2) is 0 Å². The van der Waals surface area contributed by atoms with Gasteiger partial charge in [0.2, 0.25) is 5.91 Å². The standard InChI is InChI=1S/C16H19BrN2O2S/c17-13-5-3-12(4-6-13)14-2-1-8-19(14)15(20)7-9-18-10-11-22-16(18)21/h3-6,14H,1-2,7-11H2. The molecule has 118 valence electrons. The van der Waals surface area contributed by atoms with E-state index in [4.69, 9.17) is 0 Å². The lowest BCUT2D eigenvalue weighted by Crippen LogP contribution is -2.34. The lowest BCUT2D eigenvalue weighted by atomic mass is 10.0. The minimum absolute atomic E-state index is 0.110. The minimum Gasteiger partial charge on any atom is -0.336 e. The van der Waals surface area contributed by atoms with Crippen molar-refractivity contribution < 1.29 is 9.59 Å². The molecule has 22 heavy (non-hydrogen) atoms. The topological polar surface area (TPSA) is 40.6 Å². The number of benzene rings is 1. The first-order valence-electron chi connectivity index (χ1n) is 7.62. The monoisotopic (exact) mass is 382 g/mol. The van der Waals surface area contributed by atoms with Crippen LogP contribution in [0.3, 0.4) is 0 Å². The van der Waals surface area contributed by atoms with Crippen molar-refractivity contribution in [2.45, 2.75) is 25.3 Å². The number of carbonyl (C=O) groups excluding carboxylic acids is 2. The molecule has 2 aliphatic heterocycles. The van der Waals surface area contributed by atoms with Gasteiger partial charge < -0.3 is 9.80 Å². The number of carbonyl (C=O) groups is 2. The molecule has 3 rings (SSSR count). The Balaban J connectivity index is 1.61. The van der Waals surface area contributed by atoms with Gasteiger partial charge in [0.05, 0.1) is 6.04 Å². The molecule has 1 unspecified atom stereocenters. The minimum atomic E-state index is 0.110. The number of halogens is 1. The highest BCUT2D eigenvalue weighted by atomic mass is 79.9. The molecule has 2 amide bonds. The fraction of sp³-hybridized carbons (Fsp3) is 0.500. The Morgan fingerprint density at radius 3 is 2.73 bits per heavy atom. The summed E-state index contributed by atoms with van der Waals surface area (Å²) in [5.74, 6) is 1.01. The van der Waals surface area contributed by atoms with Crippen LogP contribution in [0.2, 0.25) is 0 Å². The summed E-state index contributed by atoms with van der Waals surface area (Å²) >= 11 is 4.79. The molecule has 1 aromatic rings. The van der Waals surface area contributed by atoms with Gasteiger partial charge in [-0.2, -0.15) is 0 Å². The Kier molecular flexibility index (Phi) is 5.08. The van der Waals surface area contributed by atoms with Gasteiger partial charge in [-0.15, -0.1) is 0 Å². The van der Waals surface area contributed by atoms with E-state index in [2.05, 4.69) is 28.1 Å². The predicted octanol–water partition coefficient (Wildman–Crippen LogP) is 3.67. The van der Waals surface area contributed by atoms with Gasteiger partial charge >= 0.3 is 0 Å². The predicted molar refractivity (Wildman–Crippen MR) is 91.9 cm³/mol. The van der Waals surface area contributed by atoms with E-state index >= 15 is 0 Å². The van der Waals surface area contributed by atoms with Crippen LogP contribution in [0.5, 0.6) is 0 Å². The van der Waals surface area contributed by atoms with Gasteiger partial charge in [0.25, 0.3) is 5.24 Å². The van der Waals surface area contributed by atoms with E-state index < -0.39 is 0 Å². The molecule has 0 saturated carbocycles. The van der Waals surface area contributed by atoms with Gasteiger partial charge in [0.15, 0.2) is 0 Å². The molecule has 0 N–H and O–H groups in total. The quantitative estimate of drug-likeness (QED) is 0.797. The molecule has 0 spiro atoms. The van der Waals surface area contributed by atoms with Crippen LogP contribution in [0.1, 0.15) is 30.9 Å². The van der Waals surface area contributed by atoms with Crippen molar-refractivity contribution in [1.82, 2.24) is 9.80 Å². The van der Waals surface area contributed by atoms with Crippen molar-refractivity contribution in [2.24, 2.45) is 0 Å². The first kappa shape index (κ1) is 15.9. The molecule has 0 bridgehead atoms. The second kappa shape index (κ2) is 7.04. The number of likely N-dealkylation sites (tertiary alicyclic amines) is 1. The fourth-order valence-corrected chi connectivity index (χ4v) is 4.22. The average molecular weight is 383 g/mol. The normalized spacial score (nSPS) is 21.7. The van der Waals surface area contributed by atoms with Crippen LogP contribution in [-0.2, 0) is 4.79 Å². The molecule has 4 nitrogen and oxygen atoms in total. The van der Waals surface area contributed by atoms with E-state index in [-0.39, 0.29) is 17.2 Å². The molecule has 6 heteroatoms. The van der Waals surface area contributed by atoms with E-state index in [1.54, 1.807) is 4.90 Å². The summed E-state index contributed by atoms with van der Waals surface area (Å²) in [6, 6.07) is 8.40. The molecule has 2 saturated heterocycles. The second-order valence-corrected chi connectivity index (χ2v) is 7.61. The van der Waals surface area contributed by atoms with Crippen molar-refractivity contribution in [2.75, 3.05) is 25.4 Å². The Hall–Kier alpha value is -1.01. The molecule has 1 aromatic carbocycles. The van der Waals surface area contributed by atoms with Crippen molar-refractivity contribution in [3.63, 3.8) is 0 Å². The van der Waals surface area contributed by atoms with Crippen LogP contribution >= 0.6 is 27.7 Å². The zero-order valence-electron chi connectivity index (χ0n) is 12.3. The number of hydrogen-bond acceptors (Lipinski definition) is 3. The van der Waals surface area contributed by atoms with E-state index in [1.165, 1.54) is 17.3 Å². The van der Waals surface area contributed by atoms with Crippen LogP contribution in [0.25, 0.3) is 0 Å². The molecular formula is C16H19BrN2O2S. The summed E-state index contributed by atoms with van der Waals surface area (Å²) in [5, 5.41) is 0.110. The molecule has 2 fully saturated rings. The Labute approximate surface area is 143 Å². The third kappa shape index (κ3) is 3.49. The van der Waals surface area contributed by atoms with E-state index in [0.29, 0.717) is 13.0 Å². The number of nitrogens with zero attached hydrogens (tertiary/aromatic N) is 2. The maximum absolute atomic E-state index is 12.5. The van der Waals surface area contributed by atoms with Gasteiger partial charge in [0.1, 0.15) is 0 Å². The first-order valence-corrected chi connectivity index (χ1v) is 9.39. The van der Waals surface area contributed by atoms with E-state index in [9.17, 15) is 9.59 Å². The Morgan fingerprint density at radius 2 is 2.05 bits per heavy atom. The Bertz CT molecular complexity index is 564. The maximum atomic E-state index is 12.5. The molecule has 0 radical (unpaired) electrons. The zero-order chi connectivity index (χ0) is 15.5. The van der Waals surface area contributed by atoms with Gasteiger partial charge in [0, 0.05) is 36.3 Å². The van der Waals surface area contributed by atoms with Crippen molar-refractivity contribution >= 4 is 38.8 Å². The van der Waals surface area contributed by atoms with Crippen molar-refractivity contribution in [3.05, 3.63) is 34.3 Å². The molecular weight excluding hydrogens is 364 g/mol. The largest absolute Gasteiger partial charge is 0.336 e. The third-order valence-electron chi connectivity index (χ3n) is 4.27. The summed E-state index contributed by atoms with van der Waals surface area (Å²) in [6.45, 7) is 2.14. The molecule has 2 aliphatic rings. The summed E-state index contributed by atoms with van der Waals surface area (Å²) in [7, 11) is 0. The van der Waals surface area contributed by atoms with E-state index in [1.807, 2.05) is 17.0 Å². The van der Waals surface area contributed by atoms with Crippen LogP contribution in [0, 0.1) is 0 Å². The number of amides is 2. The van der Waals surface area contributed by atoms with Crippen LogP contribution < -0.4 is 0 Å². The SMILES string of the molecule is O=C1SCCN1CCC(=O)N1CCCC1c1ccc(Br)cc1. The summed E-state index contributed by atoms with van der Waals surface area (Å²) in [4.78, 5) is 27.9. The van der Waals surface area contributed by atoms with Crippen LogP contribution in [0.4, 0.5) is 4.79 Å². The molecule has 0 aromatic heterocycles. The van der Waals surface area contributed by atoms with Crippen LogP contribution in [-0.4, -0.2) is 46.3 Å². The lowest BCUT2D eigenvalue weighted by molar-refractivity contribution is -0.132. The summed E-state index contributed by atoms with van der Waals surface area (Å²) in [6.07, 6.45) is 2.50. The number of thioether (sulfide) groups is 1. The Morgan fingerprint density at radius 1 is 1.27 bits per heavy atom. The van der Waals surface area contributed by atoms with Crippen molar-refractivity contribution in [1.29, 1.82) is 0 Å². The highest BCUT2D eigenvalue weighted by Crippen LogP contribution is 2.33. The van der Waals surface area contributed by atoms with Gasteiger partial charge in [-0.05, 0) is 30.5 Å². The second-order valence-electron chi connectivity index (χ2n) is 5.65. The fourth-order valence-electron chi connectivity index (χ4n) is 3.10. The van der Waals surface area contributed by atoms with E-state index in [0.717, 1.165) is 36.2 Å². The lowest BCUT2D eigenvalue weighted by Gasteiger charge is -2.26. The molecule has 2 heterocycles. The first-order chi connectivity index (χ1) is 10.6. The maximum Gasteiger partial charge on any atom is 0.281 e. The van der Waals surface area contributed by atoms with Gasteiger partial charge in [-0.1, -0.05) is 39.8 Å². The highest BCUT2D eigenvalue weighted by Gasteiger charge is 2.30. The zero-order valence-corrected chi connectivity index (χ0v) is 14.7. The van der Waals surface area contributed by atoms with Crippen LogP contribution in [0.15, 0.2) is 28.7 Å². The molecule has 1 atom stereocenters. The van der Waals surface area contributed by atoms with Crippen molar-refractivity contribution in [3.8, 4) is 0 Å². The van der Waals surface area contributed by atoms with Gasteiger partial charge in [-0.3, -0.25) is 9.59 Å². The average Bonchev–Trinajstić information content (AvgIpc) is 3.15. The number of rotatable bonds is 4. The smallest absolute Gasteiger partial charge is 0.281 e.